The number of nitrogens with two attached hydrogens (primary N) is 1. The van der Waals surface area contributed by atoms with Gasteiger partial charge in [0.05, 0.1) is 6.04 Å². The summed E-state index contributed by atoms with van der Waals surface area (Å²) in [4.78, 5) is 2.55. The van der Waals surface area contributed by atoms with Crippen LogP contribution in [0, 0.1) is 0 Å². The van der Waals surface area contributed by atoms with Gasteiger partial charge in [0, 0.05) is 25.5 Å². The highest BCUT2D eigenvalue weighted by atomic mass is 15.2. The maximum absolute atomic E-state index is 6.16. The van der Waals surface area contributed by atoms with Crippen LogP contribution >= 0.6 is 0 Å². The molecule has 1 aliphatic rings. The number of likely N-dealkylation sites (tertiary alicyclic amines) is 1. The Hall–Kier alpha value is -0.800. The van der Waals surface area contributed by atoms with Crippen molar-refractivity contribution < 1.29 is 0 Å². The van der Waals surface area contributed by atoms with Gasteiger partial charge in [0.15, 0.2) is 0 Å². The van der Waals surface area contributed by atoms with Crippen LogP contribution in [0.1, 0.15) is 37.8 Å². The van der Waals surface area contributed by atoms with Crippen LogP contribution in [0.25, 0.3) is 0 Å². The van der Waals surface area contributed by atoms with Gasteiger partial charge in [-0.3, -0.25) is 4.90 Å². The Morgan fingerprint density at radius 3 is 2.44 bits per heavy atom. The summed E-state index contributed by atoms with van der Waals surface area (Å²) in [5, 5.41) is 0. The Bertz CT molecular complexity index is 324. The van der Waals surface area contributed by atoms with Crippen LogP contribution in [0.4, 0.5) is 0 Å². The first-order chi connectivity index (χ1) is 7.68. The van der Waals surface area contributed by atoms with E-state index in [0.29, 0.717) is 6.04 Å². The van der Waals surface area contributed by atoms with Crippen LogP contribution in [0.15, 0.2) is 18.5 Å². The molecule has 1 aliphatic heterocycles. The van der Waals surface area contributed by atoms with Crippen molar-refractivity contribution in [2.45, 2.75) is 38.3 Å². The van der Waals surface area contributed by atoms with Crippen molar-refractivity contribution in [2.75, 3.05) is 13.1 Å². The molecular weight excluding hydrogens is 198 g/mol. The van der Waals surface area contributed by atoms with Gasteiger partial charge < -0.3 is 10.3 Å². The quantitative estimate of drug-likeness (QED) is 0.846. The lowest BCUT2D eigenvalue weighted by atomic mass is 9.99. The molecule has 2 rings (SSSR count). The molecule has 0 saturated carbocycles. The fourth-order valence-corrected chi connectivity index (χ4v) is 2.74. The molecule has 0 radical (unpaired) electrons. The third-order valence-corrected chi connectivity index (χ3v) is 3.48. The fraction of sp³-hybridized carbons (Fsp3) is 0.692. The fourth-order valence-electron chi connectivity index (χ4n) is 2.74. The summed E-state index contributed by atoms with van der Waals surface area (Å²) in [6.45, 7) is 4.51. The van der Waals surface area contributed by atoms with E-state index in [0.717, 1.165) is 0 Å². The molecular formula is C13H23N3. The first-order valence-electron chi connectivity index (χ1n) is 6.30. The zero-order chi connectivity index (χ0) is 11.5. The molecule has 1 fully saturated rings. The maximum Gasteiger partial charge on any atom is 0.0511 e. The van der Waals surface area contributed by atoms with Crippen LogP contribution in [-0.2, 0) is 7.05 Å². The van der Waals surface area contributed by atoms with Gasteiger partial charge in [-0.15, -0.1) is 0 Å². The maximum atomic E-state index is 6.16. The molecule has 1 aromatic rings. The molecule has 2 heterocycles. The molecule has 0 amide bonds. The second-order valence-electron chi connectivity index (χ2n) is 5.01. The lowest BCUT2D eigenvalue weighted by molar-refractivity contribution is 0.146. The molecule has 1 saturated heterocycles. The highest BCUT2D eigenvalue weighted by molar-refractivity contribution is 5.17. The molecule has 3 heteroatoms. The van der Waals surface area contributed by atoms with E-state index in [1.54, 1.807) is 0 Å². The molecule has 2 N–H and O–H groups in total. The third kappa shape index (κ3) is 2.47. The molecule has 2 unspecified atom stereocenters. The predicted molar refractivity (Wildman–Crippen MR) is 67.2 cm³/mol. The first-order valence-corrected chi connectivity index (χ1v) is 6.30. The summed E-state index contributed by atoms with van der Waals surface area (Å²) in [5.41, 5.74) is 7.52. The third-order valence-electron chi connectivity index (χ3n) is 3.48. The highest BCUT2D eigenvalue weighted by Crippen LogP contribution is 2.26. The van der Waals surface area contributed by atoms with E-state index in [2.05, 4.69) is 41.9 Å². The molecule has 0 bridgehead atoms. The zero-order valence-corrected chi connectivity index (χ0v) is 10.4. The van der Waals surface area contributed by atoms with E-state index in [9.17, 15) is 0 Å². The second-order valence-corrected chi connectivity index (χ2v) is 5.01. The number of piperidine rings is 1. The van der Waals surface area contributed by atoms with Gasteiger partial charge >= 0.3 is 0 Å². The smallest absolute Gasteiger partial charge is 0.0511 e. The largest absolute Gasteiger partial charge is 0.357 e. The molecule has 2 atom stereocenters. The van der Waals surface area contributed by atoms with Crippen molar-refractivity contribution in [2.24, 2.45) is 12.8 Å². The van der Waals surface area contributed by atoms with Crippen molar-refractivity contribution in [3.8, 4) is 0 Å². The molecule has 0 aromatic carbocycles. The van der Waals surface area contributed by atoms with Crippen molar-refractivity contribution >= 4 is 0 Å². The molecule has 3 nitrogen and oxygen atoms in total. The van der Waals surface area contributed by atoms with E-state index in [1.165, 1.54) is 37.9 Å². The summed E-state index contributed by atoms with van der Waals surface area (Å²) in [5.74, 6) is 0. The van der Waals surface area contributed by atoms with Crippen LogP contribution in [0.3, 0.4) is 0 Å². The van der Waals surface area contributed by atoms with E-state index in [1.807, 2.05) is 0 Å². The molecule has 16 heavy (non-hydrogen) atoms. The summed E-state index contributed by atoms with van der Waals surface area (Å²) in [6.07, 6.45) is 8.31. The molecule has 0 spiro atoms. The summed E-state index contributed by atoms with van der Waals surface area (Å²) in [6, 6.07) is 2.78. The predicted octanol–water partition coefficient (Wildman–Crippen LogP) is 1.90. The lowest BCUT2D eigenvalue weighted by Crippen LogP contribution is -2.42. The molecule has 1 aromatic heterocycles. The van der Waals surface area contributed by atoms with Gasteiger partial charge in [-0.25, -0.2) is 0 Å². The van der Waals surface area contributed by atoms with Gasteiger partial charge in [0.2, 0.25) is 0 Å². The lowest BCUT2D eigenvalue weighted by Gasteiger charge is -2.36. The van der Waals surface area contributed by atoms with Crippen LogP contribution < -0.4 is 5.73 Å². The Morgan fingerprint density at radius 2 is 1.94 bits per heavy atom. The zero-order valence-electron chi connectivity index (χ0n) is 10.4. The summed E-state index contributed by atoms with van der Waals surface area (Å²) in [7, 11) is 2.07. The van der Waals surface area contributed by atoms with Gasteiger partial charge in [-0.2, -0.15) is 0 Å². The highest BCUT2D eigenvalue weighted by Gasteiger charge is 2.25. The number of nitrogens with zero attached hydrogens (tertiary/aromatic N) is 2. The average Bonchev–Trinajstić information content (AvgIpc) is 2.66. The normalized spacial score (nSPS) is 21.9. The minimum Gasteiger partial charge on any atom is -0.357 e. The van der Waals surface area contributed by atoms with Crippen LogP contribution in [0.2, 0.25) is 0 Å². The van der Waals surface area contributed by atoms with Gasteiger partial charge in [0.25, 0.3) is 0 Å². The van der Waals surface area contributed by atoms with Crippen molar-refractivity contribution in [1.29, 1.82) is 0 Å². The van der Waals surface area contributed by atoms with Gasteiger partial charge in [0.1, 0.15) is 0 Å². The van der Waals surface area contributed by atoms with Crippen LogP contribution in [0.5, 0.6) is 0 Å². The Labute approximate surface area is 98.2 Å². The average molecular weight is 221 g/mol. The van der Waals surface area contributed by atoms with E-state index < -0.39 is 0 Å². The minimum atomic E-state index is 0.195. The van der Waals surface area contributed by atoms with Gasteiger partial charge in [-0.1, -0.05) is 6.42 Å². The van der Waals surface area contributed by atoms with E-state index in [4.69, 9.17) is 5.73 Å². The van der Waals surface area contributed by atoms with Crippen molar-refractivity contribution in [3.05, 3.63) is 24.0 Å². The van der Waals surface area contributed by atoms with Gasteiger partial charge in [-0.05, 0) is 44.5 Å². The number of aromatic nitrogens is 1. The topological polar surface area (TPSA) is 34.2 Å². The number of rotatable bonds is 3. The van der Waals surface area contributed by atoms with E-state index in [-0.39, 0.29) is 6.04 Å². The van der Waals surface area contributed by atoms with Crippen LogP contribution in [-0.4, -0.2) is 28.6 Å². The molecule has 0 aliphatic carbocycles. The number of hydrogen-bond acceptors (Lipinski definition) is 2. The Kier molecular flexibility index (Phi) is 3.66. The molecule has 90 valence electrons. The first kappa shape index (κ1) is 11.7. The monoisotopic (exact) mass is 221 g/mol. The van der Waals surface area contributed by atoms with Crippen molar-refractivity contribution in [3.63, 3.8) is 0 Å². The summed E-state index contributed by atoms with van der Waals surface area (Å²) < 4.78 is 2.11. The SMILES string of the molecule is CC(N)C(c1ccn(C)c1)N1CCCCC1. The number of hydrogen-bond donors (Lipinski definition) is 1. The van der Waals surface area contributed by atoms with E-state index >= 15 is 0 Å². The Balaban J connectivity index is 2.16. The van der Waals surface area contributed by atoms with Crippen molar-refractivity contribution in [1.82, 2.24) is 9.47 Å². The Morgan fingerprint density at radius 1 is 1.25 bits per heavy atom. The number of aryl methyl sites for hydroxylation is 1. The summed E-state index contributed by atoms with van der Waals surface area (Å²) >= 11 is 0. The second kappa shape index (κ2) is 5.02. The standard InChI is InChI=1S/C13H23N3/c1-11(14)13(12-6-9-15(2)10-12)16-7-4-3-5-8-16/h6,9-11,13H,3-5,7-8,14H2,1-2H3. The minimum absolute atomic E-state index is 0.195.